The van der Waals surface area contributed by atoms with Gasteiger partial charge in [-0.05, 0) is 24.7 Å². The van der Waals surface area contributed by atoms with Gasteiger partial charge in [0.15, 0.2) is 0 Å². The lowest BCUT2D eigenvalue weighted by atomic mass is 10.2. The second-order valence-corrected chi connectivity index (χ2v) is 7.71. The van der Waals surface area contributed by atoms with Gasteiger partial charge in [-0.3, -0.25) is 0 Å². The Morgan fingerprint density at radius 2 is 2.05 bits per heavy atom. The van der Waals surface area contributed by atoms with Gasteiger partial charge in [0.25, 0.3) is 0 Å². The molecule has 20 heavy (non-hydrogen) atoms. The largest absolute Gasteiger partial charge is 0.313 e. The van der Waals surface area contributed by atoms with Gasteiger partial charge in [-0.15, -0.1) is 0 Å². The fourth-order valence-corrected chi connectivity index (χ4v) is 4.67. The van der Waals surface area contributed by atoms with Gasteiger partial charge in [-0.25, -0.2) is 12.8 Å². The highest BCUT2D eigenvalue weighted by atomic mass is 32.2. The molecule has 0 spiro atoms. The number of nitrogens with one attached hydrogen (secondary N) is 1. The maximum atomic E-state index is 13.7. The van der Waals surface area contributed by atoms with Crippen molar-refractivity contribution in [2.45, 2.75) is 18.4 Å². The summed E-state index contributed by atoms with van der Waals surface area (Å²) < 4.78 is 40.1. The minimum Gasteiger partial charge on any atom is -0.313 e. The molecule has 0 radical (unpaired) electrons. The van der Waals surface area contributed by atoms with E-state index in [0.29, 0.717) is 31.7 Å². The molecule has 1 saturated heterocycles. The fourth-order valence-electron chi connectivity index (χ4n) is 2.04. The number of hydrogen-bond donors (Lipinski definition) is 1. The van der Waals surface area contributed by atoms with Crippen molar-refractivity contribution in [3.8, 4) is 0 Å². The molecule has 2 rings (SSSR count). The number of rotatable bonds is 5. The molecule has 4 nitrogen and oxygen atoms in total. The first kappa shape index (κ1) is 15.8. The third-order valence-electron chi connectivity index (χ3n) is 3.19. The van der Waals surface area contributed by atoms with Crippen LogP contribution in [0.15, 0.2) is 23.1 Å². The molecule has 0 aliphatic carbocycles. The van der Waals surface area contributed by atoms with E-state index in [4.69, 9.17) is 0 Å². The molecule has 1 aliphatic heterocycles. The molecule has 1 aliphatic rings. The molecule has 0 bridgehead atoms. The molecule has 0 saturated carbocycles. The Kier molecular flexibility index (Phi) is 5.42. The van der Waals surface area contributed by atoms with Crippen molar-refractivity contribution in [2.24, 2.45) is 0 Å². The summed E-state index contributed by atoms with van der Waals surface area (Å²) in [5, 5.41) is 3.01. The van der Waals surface area contributed by atoms with Crippen LogP contribution in [0.2, 0.25) is 0 Å². The van der Waals surface area contributed by atoms with E-state index in [2.05, 4.69) is 5.32 Å². The first-order chi connectivity index (χ1) is 9.55. The highest BCUT2D eigenvalue weighted by molar-refractivity contribution is 7.99. The second kappa shape index (κ2) is 6.89. The molecule has 0 amide bonds. The fraction of sp³-hybridized carbons (Fsp3) is 0.538. The molecule has 0 aromatic heterocycles. The van der Waals surface area contributed by atoms with Crippen molar-refractivity contribution in [1.82, 2.24) is 9.62 Å². The van der Waals surface area contributed by atoms with E-state index >= 15 is 0 Å². The average Bonchev–Trinajstić information content (AvgIpc) is 2.47. The van der Waals surface area contributed by atoms with Gasteiger partial charge in [0, 0.05) is 36.7 Å². The Hall–Kier alpha value is -0.630. The van der Waals surface area contributed by atoms with Crippen molar-refractivity contribution in [2.75, 3.05) is 31.1 Å². The van der Waals surface area contributed by atoms with E-state index in [1.54, 1.807) is 11.8 Å². The van der Waals surface area contributed by atoms with Crippen LogP contribution in [-0.4, -0.2) is 43.9 Å². The van der Waals surface area contributed by atoms with Crippen LogP contribution in [0.5, 0.6) is 0 Å². The molecule has 1 aromatic carbocycles. The summed E-state index contributed by atoms with van der Waals surface area (Å²) in [6, 6.07) is 4.02. The molecular formula is C13H19FN2O2S2. The predicted molar refractivity (Wildman–Crippen MR) is 79.9 cm³/mol. The summed E-state index contributed by atoms with van der Waals surface area (Å²) in [7, 11) is -3.50. The molecule has 0 atom stereocenters. The lowest BCUT2D eigenvalue weighted by Gasteiger charge is -2.25. The monoisotopic (exact) mass is 318 g/mol. The normalized spacial score (nSPS) is 17.3. The Morgan fingerprint density at radius 3 is 2.70 bits per heavy atom. The molecule has 112 valence electrons. The van der Waals surface area contributed by atoms with Crippen LogP contribution in [0, 0.1) is 5.82 Å². The molecular weight excluding hydrogens is 299 g/mol. The van der Waals surface area contributed by atoms with Gasteiger partial charge in [-0.1, -0.05) is 6.92 Å². The smallest absolute Gasteiger partial charge is 0.243 e. The van der Waals surface area contributed by atoms with Crippen molar-refractivity contribution < 1.29 is 12.8 Å². The lowest BCUT2D eigenvalue weighted by Crippen LogP contribution is -2.37. The standard InChI is InChI=1S/C13H19FN2O2S2/c1-2-15-10-11-9-12(3-4-13(11)14)20(17,18)16-5-7-19-8-6-16/h3-4,9,15H,2,5-8,10H2,1H3. The first-order valence-electron chi connectivity index (χ1n) is 6.62. The molecule has 1 heterocycles. The highest BCUT2D eigenvalue weighted by Gasteiger charge is 2.26. The summed E-state index contributed by atoms with van der Waals surface area (Å²) in [6.07, 6.45) is 0. The van der Waals surface area contributed by atoms with E-state index in [-0.39, 0.29) is 10.7 Å². The van der Waals surface area contributed by atoms with Crippen LogP contribution in [-0.2, 0) is 16.6 Å². The van der Waals surface area contributed by atoms with Gasteiger partial charge < -0.3 is 5.32 Å². The first-order valence-corrected chi connectivity index (χ1v) is 9.22. The zero-order valence-electron chi connectivity index (χ0n) is 11.4. The third kappa shape index (κ3) is 3.52. The topological polar surface area (TPSA) is 49.4 Å². The minimum absolute atomic E-state index is 0.179. The molecule has 1 fully saturated rings. The van der Waals surface area contributed by atoms with Crippen LogP contribution in [0.4, 0.5) is 4.39 Å². The van der Waals surface area contributed by atoms with Gasteiger partial charge in [0.05, 0.1) is 4.90 Å². The number of nitrogens with zero attached hydrogens (tertiary/aromatic N) is 1. The molecule has 1 N–H and O–H groups in total. The van der Waals surface area contributed by atoms with E-state index < -0.39 is 10.0 Å². The zero-order valence-corrected chi connectivity index (χ0v) is 13.1. The van der Waals surface area contributed by atoms with Crippen LogP contribution < -0.4 is 5.32 Å². The summed E-state index contributed by atoms with van der Waals surface area (Å²) in [4.78, 5) is 0.179. The van der Waals surface area contributed by atoms with Crippen LogP contribution >= 0.6 is 11.8 Å². The highest BCUT2D eigenvalue weighted by Crippen LogP contribution is 2.22. The average molecular weight is 318 g/mol. The summed E-state index contributed by atoms with van der Waals surface area (Å²) in [6.45, 7) is 4.01. The van der Waals surface area contributed by atoms with E-state index in [9.17, 15) is 12.8 Å². The van der Waals surface area contributed by atoms with Gasteiger partial charge in [-0.2, -0.15) is 16.1 Å². The van der Waals surface area contributed by atoms with Gasteiger partial charge >= 0.3 is 0 Å². The number of benzene rings is 1. The number of thioether (sulfide) groups is 1. The van der Waals surface area contributed by atoms with Crippen molar-refractivity contribution in [3.05, 3.63) is 29.6 Å². The Balaban J connectivity index is 2.26. The zero-order chi connectivity index (χ0) is 14.6. The van der Waals surface area contributed by atoms with E-state index in [1.807, 2.05) is 6.92 Å². The maximum Gasteiger partial charge on any atom is 0.243 e. The second-order valence-electron chi connectivity index (χ2n) is 4.55. The Morgan fingerprint density at radius 1 is 1.35 bits per heavy atom. The van der Waals surface area contributed by atoms with Crippen molar-refractivity contribution >= 4 is 21.8 Å². The Labute approximate surface area is 123 Å². The minimum atomic E-state index is -3.50. The predicted octanol–water partition coefficient (Wildman–Crippen LogP) is 1.67. The third-order valence-corrected chi connectivity index (χ3v) is 6.03. The van der Waals surface area contributed by atoms with Crippen LogP contribution in [0.3, 0.4) is 0 Å². The summed E-state index contributed by atoms with van der Waals surface area (Å²) >= 11 is 1.75. The quantitative estimate of drug-likeness (QED) is 0.897. The molecule has 0 unspecified atom stereocenters. The number of halogens is 1. The van der Waals surface area contributed by atoms with E-state index in [1.165, 1.54) is 22.5 Å². The van der Waals surface area contributed by atoms with Crippen LogP contribution in [0.1, 0.15) is 12.5 Å². The lowest BCUT2D eigenvalue weighted by molar-refractivity contribution is 0.443. The SMILES string of the molecule is CCNCc1cc(S(=O)(=O)N2CCSCC2)ccc1F. The van der Waals surface area contributed by atoms with E-state index in [0.717, 1.165) is 11.5 Å². The van der Waals surface area contributed by atoms with Crippen LogP contribution in [0.25, 0.3) is 0 Å². The molecule has 1 aromatic rings. The maximum absolute atomic E-state index is 13.7. The number of hydrogen-bond acceptors (Lipinski definition) is 4. The van der Waals surface area contributed by atoms with Gasteiger partial charge in [0.1, 0.15) is 5.82 Å². The van der Waals surface area contributed by atoms with Crippen molar-refractivity contribution in [3.63, 3.8) is 0 Å². The summed E-state index contributed by atoms with van der Waals surface area (Å²) in [5.74, 6) is 1.24. The Bertz CT molecular complexity index is 557. The number of sulfonamides is 1. The van der Waals surface area contributed by atoms with Gasteiger partial charge in [0.2, 0.25) is 10.0 Å². The summed E-state index contributed by atoms with van der Waals surface area (Å²) in [5.41, 5.74) is 0.388. The molecule has 7 heteroatoms. The van der Waals surface area contributed by atoms with Crippen molar-refractivity contribution in [1.29, 1.82) is 0 Å².